The lowest BCUT2D eigenvalue weighted by atomic mass is 10.1. The summed E-state index contributed by atoms with van der Waals surface area (Å²) in [5, 5.41) is 2.68. The number of halogens is 2. The van der Waals surface area contributed by atoms with Crippen molar-refractivity contribution in [3.8, 4) is 0 Å². The van der Waals surface area contributed by atoms with Gasteiger partial charge in [-0.05, 0) is 43.5 Å². The Morgan fingerprint density at radius 3 is 2.48 bits per heavy atom. The normalized spacial score (nSPS) is 14.6. The molecule has 0 bridgehead atoms. The van der Waals surface area contributed by atoms with Gasteiger partial charge in [0.25, 0.3) is 5.91 Å². The van der Waals surface area contributed by atoms with Gasteiger partial charge in [0.15, 0.2) is 0 Å². The van der Waals surface area contributed by atoms with E-state index in [0.717, 1.165) is 32.4 Å². The number of para-hydroxylation sites is 1. The fraction of sp³-hybridized carbons (Fsp3) is 0.294. The number of anilines is 2. The Morgan fingerprint density at radius 1 is 1.09 bits per heavy atom. The van der Waals surface area contributed by atoms with Gasteiger partial charge in [-0.25, -0.2) is 8.78 Å². The minimum atomic E-state index is -0.689. The fourth-order valence-corrected chi connectivity index (χ4v) is 2.65. The van der Waals surface area contributed by atoms with Crippen molar-refractivity contribution in [1.29, 1.82) is 0 Å². The predicted octanol–water partition coefficient (Wildman–Crippen LogP) is 3.73. The van der Waals surface area contributed by atoms with Crippen LogP contribution in [0.5, 0.6) is 0 Å². The van der Waals surface area contributed by atoms with Crippen LogP contribution in [0.2, 0.25) is 0 Å². The van der Waals surface area contributed by atoms with E-state index >= 15 is 0 Å². The summed E-state index contributed by atoms with van der Waals surface area (Å²) in [5.74, 6) is -1.53. The molecule has 2 heterocycles. The average Bonchev–Trinajstić information content (AvgIpc) is 2.59. The molecule has 0 unspecified atom stereocenters. The van der Waals surface area contributed by atoms with Crippen molar-refractivity contribution in [1.82, 2.24) is 9.88 Å². The molecule has 6 heteroatoms. The summed E-state index contributed by atoms with van der Waals surface area (Å²) >= 11 is 0. The van der Waals surface area contributed by atoms with E-state index in [2.05, 4.69) is 10.3 Å². The molecular formula is C17H17F2N3O. The Bertz CT molecular complexity index is 694. The smallest absolute Gasteiger partial charge is 0.272 e. The van der Waals surface area contributed by atoms with Crippen LogP contribution in [-0.2, 0) is 0 Å². The number of benzene rings is 1. The third kappa shape index (κ3) is 3.47. The van der Waals surface area contributed by atoms with Crippen LogP contribution in [0.25, 0.3) is 0 Å². The lowest BCUT2D eigenvalue weighted by Gasteiger charge is -2.26. The summed E-state index contributed by atoms with van der Waals surface area (Å²) in [4.78, 5) is 18.3. The highest BCUT2D eigenvalue weighted by Crippen LogP contribution is 2.23. The molecule has 1 amide bonds. The molecule has 0 spiro atoms. The van der Waals surface area contributed by atoms with Gasteiger partial charge in [-0.2, -0.15) is 0 Å². The number of rotatable bonds is 3. The van der Waals surface area contributed by atoms with Gasteiger partial charge in [-0.15, -0.1) is 0 Å². The SMILES string of the molecule is O=C(c1cc(Nc2c(F)cccc2F)ccn1)N1CCCCC1. The number of aromatic nitrogens is 1. The Hall–Kier alpha value is -2.50. The third-order valence-corrected chi connectivity index (χ3v) is 3.85. The molecule has 1 aliphatic rings. The van der Waals surface area contributed by atoms with Crippen molar-refractivity contribution in [3.05, 3.63) is 53.9 Å². The van der Waals surface area contributed by atoms with Gasteiger partial charge < -0.3 is 10.2 Å². The zero-order chi connectivity index (χ0) is 16.2. The summed E-state index contributed by atoms with van der Waals surface area (Å²) in [7, 11) is 0. The Balaban J connectivity index is 1.81. The van der Waals surface area contributed by atoms with Crippen LogP contribution < -0.4 is 5.32 Å². The van der Waals surface area contributed by atoms with Crippen molar-refractivity contribution >= 4 is 17.3 Å². The van der Waals surface area contributed by atoms with Crippen LogP contribution in [-0.4, -0.2) is 28.9 Å². The number of carbonyl (C=O) groups excluding carboxylic acids is 1. The predicted molar refractivity (Wildman–Crippen MR) is 83.6 cm³/mol. The summed E-state index contributed by atoms with van der Waals surface area (Å²) in [6, 6.07) is 6.73. The Labute approximate surface area is 133 Å². The minimum absolute atomic E-state index is 0.151. The largest absolute Gasteiger partial charge is 0.351 e. The lowest BCUT2D eigenvalue weighted by molar-refractivity contribution is 0.0718. The summed E-state index contributed by atoms with van der Waals surface area (Å²) < 4.78 is 27.4. The number of amides is 1. The molecule has 1 N–H and O–H groups in total. The van der Waals surface area contributed by atoms with E-state index in [1.165, 1.54) is 30.5 Å². The molecule has 1 aliphatic heterocycles. The molecule has 1 aromatic heterocycles. The molecule has 1 aromatic carbocycles. The number of piperidine rings is 1. The second-order valence-electron chi connectivity index (χ2n) is 5.50. The van der Waals surface area contributed by atoms with Gasteiger partial charge in [-0.1, -0.05) is 6.07 Å². The molecular weight excluding hydrogens is 300 g/mol. The number of nitrogens with zero attached hydrogens (tertiary/aromatic N) is 2. The van der Waals surface area contributed by atoms with E-state index in [1.54, 1.807) is 11.0 Å². The second kappa shape index (κ2) is 6.73. The highest BCUT2D eigenvalue weighted by atomic mass is 19.1. The first-order valence-electron chi connectivity index (χ1n) is 7.61. The van der Waals surface area contributed by atoms with Crippen LogP contribution in [0, 0.1) is 11.6 Å². The number of carbonyl (C=O) groups is 1. The van der Waals surface area contributed by atoms with Gasteiger partial charge in [0.1, 0.15) is 23.0 Å². The Morgan fingerprint density at radius 2 is 1.78 bits per heavy atom. The zero-order valence-electron chi connectivity index (χ0n) is 12.6. The fourth-order valence-electron chi connectivity index (χ4n) is 2.65. The van der Waals surface area contributed by atoms with Crippen molar-refractivity contribution in [3.63, 3.8) is 0 Å². The van der Waals surface area contributed by atoms with Gasteiger partial charge in [0.05, 0.1) is 0 Å². The van der Waals surface area contributed by atoms with E-state index in [1.807, 2.05) is 0 Å². The summed E-state index contributed by atoms with van der Waals surface area (Å²) in [5.41, 5.74) is 0.452. The highest BCUT2D eigenvalue weighted by Gasteiger charge is 2.19. The molecule has 0 saturated carbocycles. The van der Waals surface area contributed by atoms with E-state index in [-0.39, 0.29) is 17.3 Å². The van der Waals surface area contributed by atoms with Crippen molar-refractivity contribution in [2.45, 2.75) is 19.3 Å². The van der Waals surface area contributed by atoms with E-state index < -0.39 is 11.6 Å². The maximum absolute atomic E-state index is 13.7. The molecule has 2 aromatic rings. The van der Waals surface area contributed by atoms with Crippen LogP contribution >= 0.6 is 0 Å². The maximum atomic E-state index is 13.7. The molecule has 0 aliphatic carbocycles. The van der Waals surface area contributed by atoms with Crippen LogP contribution in [0.15, 0.2) is 36.5 Å². The number of likely N-dealkylation sites (tertiary alicyclic amines) is 1. The van der Waals surface area contributed by atoms with Crippen LogP contribution in [0.3, 0.4) is 0 Å². The summed E-state index contributed by atoms with van der Waals surface area (Å²) in [6.07, 6.45) is 4.57. The lowest BCUT2D eigenvalue weighted by Crippen LogP contribution is -2.36. The summed E-state index contributed by atoms with van der Waals surface area (Å²) in [6.45, 7) is 1.44. The molecule has 0 atom stereocenters. The van der Waals surface area contributed by atoms with Crippen LogP contribution in [0.4, 0.5) is 20.2 Å². The number of pyridine rings is 1. The first-order chi connectivity index (χ1) is 11.1. The van der Waals surface area contributed by atoms with Crippen molar-refractivity contribution in [2.24, 2.45) is 0 Å². The molecule has 1 fully saturated rings. The van der Waals surface area contributed by atoms with Crippen molar-refractivity contribution in [2.75, 3.05) is 18.4 Å². The number of nitrogens with one attached hydrogen (secondary N) is 1. The van der Waals surface area contributed by atoms with Gasteiger partial charge in [-0.3, -0.25) is 9.78 Å². The topological polar surface area (TPSA) is 45.2 Å². The highest BCUT2D eigenvalue weighted by molar-refractivity contribution is 5.93. The first-order valence-corrected chi connectivity index (χ1v) is 7.61. The van der Waals surface area contributed by atoms with Crippen molar-refractivity contribution < 1.29 is 13.6 Å². The molecule has 0 radical (unpaired) electrons. The minimum Gasteiger partial charge on any atom is -0.351 e. The molecule has 3 rings (SSSR count). The van der Waals surface area contributed by atoms with Gasteiger partial charge >= 0.3 is 0 Å². The molecule has 23 heavy (non-hydrogen) atoms. The van der Waals surface area contributed by atoms with Gasteiger partial charge in [0.2, 0.25) is 0 Å². The average molecular weight is 317 g/mol. The third-order valence-electron chi connectivity index (χ3n) is 3.85. The molecule has 120 valence electrons. The molecule has 1 saturated heterocycles. The van der Waals surface area contributed by atoms with Gasteiger partial charge in [0, 0.05) is 25.0 Å². The first kappa shape index (κ1) is 15.4. The number of hydrogen-bond acceptors (Lipinski definition) is 3. The quantitative estimate of drug-likeness (QED) is 0.938. The van der Waals surface area contributed by atoms with E-state index in [9.17, 15) is 13.6 Å². The van der Waals surface area contributed by atoms with E-state index in [4.69, 9.17) is 0 Å². The van der Waals surface area contributed by atoms with Crippen LogP contribution in [0.1, 0.15) is 29.8 Å². The molecule has 4 nitrogen and oxygen atoms in total. The monoisotopic (exact) mass is 317 g/mol. The maximum Gasteiger partial charge on any atom is 0.272 e. The standard InChI is InChI=1S/C17H17F2N3O/c18-13-5-4-6-14(19)16(13)21-12-7-8-20-15(11-12)17(23)22-9-2-1-3-10-22/h4-8,11H,1-3,9-10H2,(H,20,21). The second-order valence-corrected chi connectivity index (χ2v) is 5.50. The Kier molecular flexibility index (Phi) is 4.50. The number of hydrogen-bond donors (Lipinski definition) is 1. The van der Waals surface area contributed by atoms with E-state index in [0.29, 0.717) is 5.69 Å². The zero-order valence-corrected chi connectivity index (χ0v) is 12.6.